The molecule has 2 nitrogen and oxygen atoms in total. The molecule has 82 valence electrons. The van der Waals surface area contributed by atoms with Gasteiger partial charge in [-0.05, 0) is 42.5 Å². The lowest BCUT2D eigenvalue weighted by Crippen LogP contribution is -2.12. The number of hydrogen-bond donors (Lipinski definition) is 0. The summed E-state index contributed by atoms with van der Waals surface area (Å²) >= 11 is 0. The van der Waals surface area contributed by atoms with Gasteiger partial charge in [0, 0.05) is 12.8 Å². The molecular formula is C13H12FNO. The maximum absolute atomic E-state index is 13.2. The van der Waals surface area contributed by atoms with Crippen LogP contribution in [0, 0.1) is 17.1 Å². The second-order valence-corrected chi connectivity index (χ2v) is 4.20. The number of halogens is 1. The number of rotatable bonds is 1. The number of hydrogen-bond acceptors (Lipinski definition) is 2. The number of ketones is 1. The highest BCUT2D eigenvalue weighted by atomic mass is 19.1. The smallest absolute Gasteiger partial charge is 0.132 e. The molecule has 1 saturated carbocycles. The molecule has 1 aromatic carbocycles. The van der Waals surface area contributed by atoms with Gasteiger partial charge in [0.05, 0.1) is 11.6 Å². The Morgan fingerprint density at radius 3 is 2.56 bits per heavy atom. The minimum atomic E-state index is -0.369. The van der Waals surface area contributed by atoms with Gasteiger partial charge in [0.2, 0.25) is 0 Å². The van der Waals surface area contributed by atoms with Gasteiger partial charge >= 0.3 is 0 Å². The monoisotopic (exact) mass is 217 g/mol. The van der Waals surface area contributed by atoms with Gasteiger partial charge in [0.1, 0.15) is 11.6 Å². The van der Waals surface area contributed by atoms with Crippen LogP contribution in [0.15, 0.2) is 18.2 Å². The Labute approximate surface area is 93.7 Å². The van der Waals surface area contributed by atoms with Crippen LogP contribution in [0.3, 0.4) is 0 Å². The molecule has 1 aromatic rings. The quantitative estimate of drug-likeness (QED) is 0.725. The van der Waals surface area contributed by atoms with Gasteiger partial charge in [-0.2, -0.15) is 5.26 Å². The highest BCUT2D eigenvalue weighted by molar-refractivity contribution is 5.79. The molecule has 0 unspecified atom stereocenters. The molecule has 0 bridgehead atoms. The van der Waals surface area contributed by atoms with E-state index < -0.39 is 0 Å². The molecule has 0 N–H and O–H groups in total. The van der Waals surface area contributed by atoms with Crippen LogP contribution in [0.25, 0.3) is 0 Å². The van der Waals surface area contributed by atoms with Crippen molar-refractivity contribution in [2.45, 2.75) is 31.6 Å². The lowest BCUT2D eigenvalue weighted by molar-refractivity contribution is -0.120. The molecule has 0 heterocycles. The minimum absolute atomic E-state index is 0.223. The van der Waals surface area contributed by atoms with Gasteiger partial charge < -0.3 is 0 Å². The van der Waals surface area contributed by atoms with Gasteiger partial charge in [-0.25, -0.2) is 4.39 Å². The number of carbonyl (C=O) groups is 1. The summed E-state index contributed by atoms with van der Waals surface area (Å²) in [6.07, 6.45) is 2.69. The predicted octanol–water partition coefficient (Wildman–Crippen LogP) is 2.92. The summed E-state index contributed by atoms with van der Waals surface area (Å²) in [5.41, 5.74) is 1.20. The van der Waals surface area contributed by atoms with Gasteiger partial charge in [0.15, 0.2) is 0 Å². The summed E-state index contributed by atoms with van der Waals surface area (Å²) in [7, 11) is 0. The Bertz CT molecular complexity index is 451. The van der Waals surface area contributed by atoms with Crippen molar-refractivity contribution >= 4 is 5.78 Å². The number of nitrogens with zero attached hydrogens (tertiary/aromatic N) is 1. The molecule has 2 rings (SSSR count). The van der Waals surface area contributed by atoms with Crippen LogP contribution < -0.4 is 0 Å². The number of benzene rings is 1. The molecule has 0 radical (unpaired) electrons. The van der Waals surface area contributed by atoms with Crippen LogP contribution >= 0.6 is 0 Å². The molecule has 0 aliphatic heterocycles. The normalized spacial score (nSPS) is 17.1. The zero-order valence-electron chi connectivity index (χ0n) is 8.87. The third kappa shape index (κ3) is 2.27. The number of Topliss-reactive ketones (excluding diaryl/α,β-unsaturated/α-hetero) is 1. The van der Waals surface area contributed by atoms with E-state index >= 15 is 0 Å². The summed E-state index contributed by atoms with van der Waals surface area (Å²) in [6.45, 7) is 0. The zero-order chi connectivity index (χ0) is 11.5. The Morgan fingerprint density at radius 2 is 1.94 bits per heavy atom. The molecule has 0 atom stereocenters. The fourth-order valence-corrected chi connectivity index (χ4v) is 2.19. The molecule has 1 aliphatic rings. The van der Waals surface area contributed by atoms with Crippen LogP contribution in [0.4, 0.5) is 4.39 Å². The average Bonchev–Trinajstić information content (AvgIpc) is 2.29. The van der Waals surface area contributed by atoms with Crippen LogP contribution in [0.5, 0.6) is 0 Å². The summed E-state index contributed by atoms with van der Waals surface area (Å²) in [5, 5.41) is 8.76. The Hall–Kier alpha value is -1.69. The average molecular weight is 217 g/mol. The highest BCUT2D eigenvalue weighted by Crippen LogP contribution is 2.31. The fraction of sp³-hybridized carbons (Fsp3) is 0.385. The fourth-order valence-electron chi connectivity index (χ4n) is 2.19. The van der Waals surface area contributed by atoms with Crippen molar-refractivity contribution in [1.29, 1.82) is 5.26 Å². The van der Waals surface area contributed by atoms with E-state index in [1.54, 1.807) is 6.07 Å². The largest absolute Gasteiger partial charge is 0.300 e. The van der Waals surface area contributed by atoms with Crippen molar-refractivity contribution in [3.63, 3.8) is 0 Å². The Kier molecular flexibility index (Phi) is 3.00. The van der Waals surface area contributed by atoms with Crippen molar-refractivity contribution < 1.29 is 9.18 Å². The third-order valence-electron chi connectivity index (χ3n) is 3.06. The second kappa shape index (κ2) is 4.44. The first-order chi connectivity index (χ1) is 7.69. The van der Waals surface area contributed by atoms with Gasteiger partial charge in [-0.15, -0.1) is 0 Å². The molecule has 0 aromatic heterocycles. The summed E-state index contributed by atoms with van der Waals surface area (Å²) < 4.78 is 13.2. The zero-order valence-corrected chi connectivity index (χ0v) is 8.87. The maximum Gasteiger partial charge on any atom is 0.132 e. The van der Waals surface area contributed by atoms with Crippen molar-refractivity contribution in [2.24, 2.45) is 0 Å². The summed E-state index contributed by atoms with van der Waals surface area (Å²) in [6, 6.07) is 6.38. The molecular weight excluding hydrogens is 205 g/mol. The van der Waals surface area contributed by atoms with Crippen molar-refractivity contribution in [1.82, 2.24) is 0 Å². The lowest BCUT2D eigenvalue weighted by Gasteiger charge is -2.21. The number of carbonyl (C=O) groups excluding carboxylic acids is 1. The predicted molar refractivity (Wildman–Crippen MR) is 57.3 cm³/mol. The van der Waals surface area contributed by atoms with E-state index in [0.717, 1.165) is 18.4 Å². The Morgan fingerprint density at radius 1 is 1.25 bits per heavy atom. The Balaban J connectivity index is 2.24. The van der Waals surface area contributed by atoms with Crippen molar-refractivity contribution in [3.8, 4) is 6.07 Å². The second-order valence-electron chi connectivity index (χ2n) is 4.20. The third-order valence-corrected chi connectivity index (χ3v) is 3.06. The first kappa shape index (κ1) is 10.8. The van der Waals surface area contributed by atoms with Crippen molar-refractivity contribution in [2.75, 3.05) is 0 Å². The van der Waals surface area contributed by atoms with Gasteiger partial charge in [-0.3, -0.25) is 4.79 Å². The SMILES string of the molecule is N#Cc1cc(F)cc(C2CCC(=O)CC2)c1. The molecule has 16 heavy (non-hydrogen) atoms. The first-order valence-electron chi connectivity index (χ1n) is 5.41. The first-order valence-corrected chi connectivity index (χ1v) is 5.41. The minimum Gasteiger partial charge on any atom is -0.300 e. The maximum atomic E-state index is 13.2. The van der Waals surface area contributed by atoms with Crippen LogP contribution in [-0.2, 0) is 4.79 Å². The van der Waals surface area contributed by atoms with Gasteiger partial charge in [0.25, 0.3) is 0 Å². The van der Waals surface area contributed by atoms with E-state index in [-0.39, 0.29) is 17.5 Å². The summed E-state index contributed by atoms with van der Waals surface area (Å²) in [4.78, 5) is 11.1. The number of nitriles is 1. The van der Waals surface area contributed by atoms with E-state index in [2.05, 4.69) is 0 Å². The summed E-state index contributed by atoms with van der Waals surface area (Å²) in [5.74, 6) is 0.139. The lowest BCUT2D eigenvalue weighted by atomic mass is 9.83. The van der Waals surface area contributed by atoms with E-state index in [1.165, 1.54) is 12.1 Å². The van der Waals surface area contributed by atoms with E-state index in [9.17, 15) is 9.18 Å². The van der Waals surface area contributed by atoms with Crippen LogP contribution in [0.2, 0.25) is 0 Å². The van der Waals surface area contributed by atoms with E-state index in [4.69, 9.17) is 5.26 Å². The molecule has 1 aliphatic carbocycles. The van der Waals surface area contributed by atoms with Crippen LogP contribution in [0.1, 0.15) is 42.7 Å². The van der Waals surface area contributed by atoms with E-state index in [1.807, 2.05) is 6.07 Å². The highest BCUT2D eigenvalue weighted by Gasteiger charge is 2.20. The molecule has 0 spiro atoms. The van der Waals surface area contributed by atoms with Crippen molar-refractivity contribution in [3.05, 3.63) is 35.1 Å². The molecule has 3 heteroatoms. The van der Waals surface area contributed by atoms with Crippen LogP contribution in [-0.4, -0.2) is 5.78 Å². The molecule has 0 amide bonds. The van der Waals surface area contributed by atoms with Gasteiger partial charge in [-0.1, -0.05) is 0 Å². The molecule has 1 fully saturated rings. The topological polar surface area (TPSA) is 40.9 Å². The standard InChI is InChI=1S/C13H12FNO/c14-12-6-9(8-15)5-11(7-12)10-1-3-13(16)4-2-10/h5-7,10H,1-4H2. The molecule has 0 saturated heterocycles. The van der Waals surface area contributed by atoms with E-state index in [0.29, 0.717) is 18.4 Å².